The van der Waals surface area contributed by atoms with Crippen LogP contribution in [0.1, 0.15) is 35.4 Å². The lowest BCUT2D eigenvalue weighted by Gasteiger charge is -2.06. The number of H-pyrrole nitrogens is 1. The van der Waals surface area contributed by atoms with Crippen molar-refractivity contribution < 1.29 is 4.79 Å². The number of carbonyl (C=O) groups excluding carboxylic acids is 1. The Balaban J connectivity index is 1.97. The van der Waals surface area contributed by atoms with Crippen molar-refractivity contribution >= 4 is 5.91 Å². The normalized spacial score (nSPS) is 10.6. The summed E-state index contributed by atoms with van der Waals surface area (Å²) in [6.45, 7) is 5.11. The molecule has 96 valence electrons. The predicted octanol–water partition coefficient (Wildman–Crippen LogP) is 0.650. The molecular formula is C11H16N6O. The third-order valence-corrected chi connectivity index (χ3v) is 2.61. The molecule has 2 rings (SSSR count). The van der Waals surface area contributed by atoms with Crippen LogP contribution in [0, 0.1) is 6.92 Å². The number of nitrogens with zero attached hydrogens (tertiary/aromatic N) is 4. The van der Waals surface area contributed by atoms with E-state index in [1.54, 1.807) is 13.1 Å². The van der Waals surface area contributed by atoms with Crippen molar-refractivity contribution in [1.82, 2.24) is 30.3 Å². The van der Waals surface area contributed by atoms with Crippen LogP contribution in [0.25, 0.3) is 0 Å². The summed E-state index contributed by atoms with van der Waals surface area (Å²) in [5, 5.41) is 12.8. The molecule has 0 bridgehead atoms. The molecule has 0 radical (unpaired) electrons. The standard InChI is InChI=1S/C11H16N6O/c1-3-5-17-6-4-12-9(17)7-13-11(18)10-8(2)14-16-15-10/h4,6H,3,5,7H2,1-2H3,(H,13,18)(H,14,15,16). The minimum absolute atomic E-state index is 0.243. The number of hydrogen-bond donors (Lipinski definition) is 2. The summed E-state index contributed by atoms with van der Waals surface area (Å²) in [6, 6.07) is 0. The molecule has 2 heterocycles. The van der Waals surface area contributed by atoms with Crippen molar-refractivity contribution in [3.05, 3.63) is 29.6 Å². The van der Waals surface area contributed by atoms with Gasteiger partial charge in [-0.05, 0) is 13.3 Å². The number of nitrogens with one attached hydrogen (secondary N) is 2. The van der Waals surface area contributed by atoms with E-state index in [0.29, 0.717) is 17.9 Å². The van der Waals surface area contributed by atoms with Crippen molar-refractivity contribution in [2.45, 2.75) is 33.4 Å². The van der Waals surface area contributed by atoms with Crippen LogP contribution in [0.5, 0.6) is 0 Å². The second-order valence-electron chi connectivity index (χ2n) is 3.98. The maximum absolute atomic E-state index is 11.8. The minimum atomic E-state index is -0.243. The van der Waals surface area contributed by atoms with Gasteiger partial charge in [-0.15, -0.1) is 0 Å². The monoisotopic (exact) mass is 248 g/mol. The largest absolute Gasteiger partial charge is 0.343 e. The zero-order valence-corrected chi connectivity index (χ0v) is 10.5. The molecule has 2 aromatic rings. The van der Waals surface area contributed by atoms with Crippen LogP contribution in [0.2, 0.25) is 0 Å². The van der Waals surface area contributed by atoms with Crippen molar-refractivity contribution in [2.24, 2.45) is 0 Å². The average Bonchev–Trinajstić information content (AvgIpc) is 2.96. The lowest BCUT2D eigenvalue weighted by Crippen LogP contribution is -2.25. The Morgan fingerprint density at radius 3 is 3.00 bits per heavy atom. The van der Waals surface area contributed by atoms with Crippen LogP contribution in [0.15, 0.2) is 12.4 Å². The first-order chi connectivity index (χ1) is 8.72. The maximum Gasteiger partial charge on any atom is 0.274 e. The van der Waals surface area contributed by atoms with Crippen LogP contribution in [-0.4, -0.2) is 30.9 Å². The Bertz CT molecular complexity index is 529. The van der Waals surface area contributed by atoms with E-state index in [2.05, 4.69) is 32.6 Å². The Morgan fingerprint density at radius 1 is 1.50 bits per heavy atom. The highest BCUT2D eigenvalue weighted by atomic mass is 16.2. The number of aromatic amines is 1. The van der Waals surface area contributed by atoms with Gasteiger partial charge in [-0.1, -0.05) is 6.92 Å². The van der Waals surface area contributed by atoms with Gasteiger partial charge in [0.05, 0.1) is 12.2 Å². The fourth-order valence-corrected chi connectivity index (χ4v) is 1.69. The molecule has 0 spiro atoms. The quantitative estimate of drug-likeness (QED) is 0.813. The molecule has 0 aliphatic rings. The number of rotatable bonds is 5. The molecule has 7 nitrogen and oxygen atoms in total. The summed E-state index contributed by atoms with van der Waals surface area (Å²) in [5.74, 6) is 0.596. The molecule has 0 aliphatic heterocycles. The SMILES string of the molecule is CCCn1ccnc1CNC(=O)c1n[nH]nc1C. The fraction of sp³-hybridized carbons (Fsp3) is 0.455. The third-order valence-electron chi connectivity index (χ3n) is 2.61. The van der Waals surface area contributed by atoms with Gasteiger partial charge in [0.1, 0.15) is 5.82 Å². The Labute approximate surface area is 105 Å². The van der Waals surface area contributed by atoms with Crippen LogP contribution in [0.4, 0.5) is 0 Å². The molecule has 0 saturated heterocycles. The average molecular weight is 248 g/mol. The molecule has 18 heavy (non-hydrogen) atoms. The highest BCUT2D eigenvalue weighted by Crippen LogP contribution is 2.01. The molecule has 2 aromatic heterocycles. The summed E-state index contributed by atoms with van der Waals surface area (Å²) in [6.07, 6.45) is 4.67. The molecule has 0 unspecified atom stereocenters. The first kappa shape index (κ1) is 12.3. The third kappa shape index (κ3) is 2.55. The van der Waals surface area contributed by atoms with E-state index >= 15 is 0 Å². The van der Waals surface area contributed by atoms with Gasteiger partial charge >= 0.3 is 0 Å². The molecule has 0 saturated carbocycles. The van der Waals surface area contributed by atoms with Gasteiger partial charge < -0.3 is 9.88 Å². The molecule has 0 aliphatic carbocycles. The zero-order chi connectivity index (χ0) is 13.0. The number of imidazole rings is 1. The first-order valence-electron chi connectivity index (χ1n) is 5.88. The number of amides is 1. The maximum atomic E-state index is 11.8. The van der Waals surface area contributed by atoms with E-state index in [1.165, 1.54) is 0 Å². The number of aromatic nitrogens is 5. The van der Waals surface area contributed by atoms with Gasteiger partial charge in [0.15, 0.2) is 5.69 Å². The topological polar surface area (TPSA) is 88.5 Å². The number of hydrogen-bond acceptors (Lipinski definition) is 4. The van der Waals surface area contributed by atoms with E-state index in [-0.39, 0.29) is 5.91 Å². The molecular weight excluding hydrogens is 232 g/mol. The van der Waals surface area contributed by atoms with Crippen molar-refractivity contribution in [3.8, 4) is 0 Å². The highest BCUT2D eigenvalue weighted by molar-refractivity contribution is 5.92. The smallest absolute Gasteiger partial charge is 0.274 e. The Kier molecular flexibility index (Phi) is 3.71. The Morgan fingerprint density at radius 2 is 2.33 bits per heavy atom. The zero-order valence-electron chi connectivity index (χ0n) is 10.5. The van der Waals surface area contributed by atoms with Crippen LogP contribution in [-0.2, 0) is 13.1 Å². The Hall–Kier alpha value is -2.18. The lowest BCUT2D eigenvalue weighted by atomic mass is 10.3. The minimum Gasteiger partial charge on any atom is -0.343 e. The second-order valence-corrected chi connectivity index (χ2v) is 3.98. The molecule has 1 amide bonds. The number of carbonyl (C=O) groups is 1. The summed E-state index contributed by atoms with van der Waals surface area (Å²) in [5.41, 5.74) is 0.910. The summed E-state index contributed by atoms with van der Waals surface area (Å²) in [4.78, 5) is 16.0. The fourth-order valence-electron chi connectivity index (χ4n) is 1.69. The van der Waals surface area contributed by atoms with E-state index in [0.717, 1.165) is 18.8 Å². The first-order valence-corrected chi connectivity index (χ1v) is 5.88. The van der Waals surface area contributed by atoms with Gasteiger partial charge in [-0.3, -0.25) is 4.79 Å². The van der Waals surface area contributed by atoms with Crippen LogP contribution >= 0.6 is 0 Å². The van der Waals surface area contributed by atoms with Gasteiger partial charge in [0, 0.05) is 18.9 Å². The lowest BCUT2D eigenvalue weighted by molar-refractivity contribution is 0.0944. The van der Waals surface area contributed by atoms with Crippen LogP contribution < -0.4 is 5.32 Å². The van der Waals surface area contributed by atoms with E-state index in [1.807, 2.05) is 10.8 Å². The number of aryl methyl sites for hydroxylation is 2. The molecule has 0 fully saturated rings. The van der Waals surface area contributed by atoms with Crippen molar-refractivity contribution in [3.63, 3.8) is 0 Å². The molecule has 7 heteroatoms. The summed E-state index contributed by atoms with van der Waals surface area (Å²) in [7, 11) is 0. The van der Waals surface area contributed by atoms with Gasteiger partial charge in [0.2, 0.25) is 0 Å². The van der Waals surface area contributed by atoms with E-state index in [9.17, 15) is 4.79 Å². The molecule has 0 aromatic carbocycles. The summed E-state index contributed by atoms with van der Waals surface area (Å²) < 4.78 is 2.02. The molecule has 0 atom stereocenters. The van der Waals surface area contributed by atoms with Crippen molar-refractivity contribution in [2.75, 3.05) is 0 Å². The van der Waals surface area contributed by atoms with Crippen molar-refractivity contribution in [1.29, 1.82) is 0 Å². The van der Waals surface area contributed by atoms with E-state index in [4.69, 9.17) is 0 Å². The van der Waals surface area contributed by atoms with Gasteiger partial charge in [-0.2, -0.15) is 15.4 Å². The van der Waals surface area contributed by atoms with Gasteiger partial charge in [-0.25, -0.2) is 4.98 Å². The predicted molar refractivity (Wildman–Crippen MR) is 64.8 cm³/mol. The molecule has 2 N–H and O–H groups in total. The van der Waals surface area contributed by atoms with Crippen LogP contribution in [0.3, 0.4) is 0 Å². The highest BCUT2D eigenvalue weighted by Gasteiger charge is 2.13. The second kappa shape index (κ2) is 5.44. The van der Waals surface area contributed by atoms with E-state index < -0.39 is 0 Å². The summed E-state index contributed by atoms with van der Waals surface area (Å²) >= 11 is 0. The van der Waals surface area contributed by atoms with Gasteiger partial charge in [0.25, 0.3) is 5.91 Å².